The first kappa shape index (κ1) is 15.2. The zero-order valence-electron chi connectivity index (χ0n) is 14.0. The number of para-hydroxylation sites is 1. The molecular weight excluding hydrogens is 298 g/mol. The third kappa shape index (κ3) is 2.79. The maximum absolute atomic E-state index is 5.46. The van der Waals surface area contributed by atoms with Crippen molar-refractivity contribution >= 4 is 10.9 Å². The van der Waals surface area contributed by atoms with Crippen LogP contribution in [0.4, 0.5) is 0 Å². The number of methoxy groups -OCH3 is 1. The second-order valence-corrected chi connectivity index (χ2v) is 6.25. The molecule has 0 saturated carbocycles. The Morgan fingerprint density at radius 2 is 1.88 bits per heavy atom. The largest absolute Gasteiger partial charge is 0.497 e. The monoisotopic (exact) mass is 321 g/mol. The molecule has 1 fully saturated rings. The van der Waals surface area contributed by atoms with Gasteiger partial charge in [-0.1, -0.05) is 30.3 Å². The van der Waals surface area contributed by atoms with Gasteiger partial charge in [0.2, 0.25) is 0 Å². The molecule has 2 heterocycles. The number of hydrogen-bond acceptors (Lipinski definition) is 3. The van der Waals surface area contributed by atoms with Gasteiger partial charge in [0.05, 0.1) is 13.2 Å². The second-order valence-electron chi connectivity index (χ2n) is 6.25. The number of ether oxygens (including phenoxy) is 1. The number of aromatic nitrogens is 1. The summed E-state index contributed by atoms with van der Waals surface area (Å²) in [5.74, 6) is 0.910. The summed E-state index contributed by atoms with van der Waals surface area (Å²) in [6.45, 7) is 4.15. The molecule has 2 aromatic carbocycles. The molecule has 0 amide bonds. The maximum atomic E-state index is 5.46. The van der Waals surface area contributed by atoms with Crippen molar-refractivity contribution in [1.82, 2.24) is 15.2 Å². The number of fused-ring (bicyclic) bond motifs is 1. The van der Waals surface area contributed by atoms with Crippen LogP contribution < -0.4 is 10.1 Å². The van der Waals surface area contributed by atoms with Gasteiger partial charge in [-0.05, 0) is 29.3 Å². The highest BCUT2D eigenvalue weighted by Gasteiger charge is 2.26. The quantitative estimate of drug-likeness (QED) is 0.775. The van der Waals surface area contributed by atoms with Crippen LogP contribution in [-0.4, -0.2) is 43.2 Å². The fourth-order valence-electron chi connectivity index (χ4n) is 3.66. The van der Waals surface area contributed by atoms with Gasteiger partial charge in [0.15, 0.2) is 0 Å². The summed E-state index contributed by atoms with van der Waals surface area (Å²) in [6, 6.07) is 17.2. The van der Waals surface area contributed by atoms with Crippen molar-refractivity contribution in [1.29, 1.82) is 0 Å². The normalized spacial score (nSPS) is 17.0. The third-order valence-corrected chi connectivity index (χ3v) is 4.84. The number of rotatable bonds is 4. The van der Waals surface area contributed by atoms with Crippen LogP contribution in [0.3, 0.4) is 0 Å². The molecule has 1 unspecified atom stereocenters. The van der Waals surface area contributed by atoms with E-state index in [1.54, 1.807) is 7.11 Å². The van der Waals surface area contributed by atoms with E-state index in [4.69, 9.17) is 4.74 Å². The van der Waals surface area contributed by atoms with Gasteiger partial charge < -0.3 is 15.0 Å². The number of nitrogens with zero attached hydrogens (tertiary/aromatic N) is 1. The standard InChI is InChI=1S/C20H23N3O/c1-24-16-6-4-5-15(13-16)20(23-11-9-21-10-12-23)18-14-22-19-8-3-2-7-17(18)19/h2-8,13-14,20-22H,9-12H2,1H3. The van der Waals surface area contributed by atoms with Crippen molar-refractivity contribution in [2.75, 3.05) is 33.3 Å². The Morgan fingerprint density at radius 1 is 1.04 bits per heavy atom. The summed E-state index contributed by atoms with van der Waals surface area (Å²) in [6.07, 6.45) is 2.16. The molecule has 1 aromatic heterocycles. The van der Waals surface area contributed by atoms with Gasteiger partial charge in [0, 0.05) is 43.3 Å². The Bertz CT molecular complexity index is 820. The molecule has 0 aliphatic carbocycles. The van der Waals surface area contributed by atoms with Crippen molar-refractivity contribution in [2.45, 2.75) is 6.04 Å². The summed E-state index contributed by atoms with van der Waals surface area (Å²) >= 11 is 0. The van der Waals surface area contributed by atoms with Gasteiger partial charge in [-0.2, -0.15) is 0 Å². The Morgan fingerprint density at radius 3 is 2.71 bits per heavy atom. The number of piperazine rings is 1. The zero-order valence-corrected chi connectivity index (χ0v) is 14.0. The third-order valence-electron chi connectivity index (χ3n) is 4.84. The molecule has 1 aliphatic rings. The van der Waals surface area contributed by atoms with E-state index >= 15 is 0 Å². The van der Waals surface area contributed by atoms with E-state index in [2.05, 4.69) is 63.9 Å². The molecule has 0 bridgehead atoms. The van der Waals surface area contributed by atoms with Crippen LogP contribution in [0.2, 0.25) is 0 Å². The molecule has 4 heteroatoms. The summed E-state index contributed by atoms with van der Waals surface area (Å²) in [5, 5.41) is 4.75. The first-order chi connectivity index (χ1) is 11.9. The lowest BCUT2D eigenvalue weighted by Crippen LogP contribution is -2.45. The van der Waals surface area contributed by atoms with Gasteiger partial charge in [-0.15, -0.1) is 0 Å². The summed E-state index contributed by atoms with van der Waals surface area (Å²) in [4.78, 5) is 5.99. The average molecular weight is 321 g/mol. The van der Waals surface area contributed by atoms with Gasteiger partial charge in [-0.3, -0.25) is 4.90 Å². The minimum Gasteiger partial charge on any atom is -0.497 e. The second kappa shape index (κ2) is 6.67. The minimum atomic E-state index is 0.235. The molecule has 0 radical (unpaired) electrons. The van der Waals surface area contributed by atoms with Gasteiger partial charge in [-0.25, -0.2) is 0 Å². The molecule has 1 aliphatic heterocycles. The van der Waals surface area contributed by atoms with Crippen molar-refractivity contribution in [2.24, 2.45) is 0 Å². The van der Waals surface area contributed by atoms with Crippen LogP contribution >= 0.6 is 0 Å². The van der Waals surface area contributed by atoms with Crippen molar-refractivity contribution < 1.29 is 4.74 Å². The van der Waals surface area contributed by atoms with E-state index in [0.717, 1.165) is 31.9 Å². The molecule has 1 saturated heterocycles. The minimum absolute atomic E-state index is 0.235. The Labute approximate surface area is 142 Å². The smallest absolute Gasteiger partial charge is 0.119 e. The summed E-state index contributed by atoms with van der Waals surface area (Å²) in [7, 11) is 1.73. The highest BCUT2D eigenvalue weighted by molar-refractivity contribution is 5.84. The van der Waals surface area contributed by atoms with E-state index in [1.165, 1.54) is 22.0 Å². The molecule has 4 nitrogen and oxygen atoms in total. The zero-order chi connectivity index (χ0) is 16.4. The lowest BCUT2D eigenvalue weighted by Gasteiger charge is -2.35. The van der Waals surface area contributed by atoms with Crippen molar-refractivity contribution in [3.8, 4) is 5.75 Å². The Balaban J connectivity index is 1.83. The van der Waals surface area contributed by atoms with Crippen molar-refractivity contribution in [3.05, 3.63) is 65.9 Å². The summed E-state index contributed by atoms with van der Waals surface area (Å²) < 4.78 is 5.46. The van der Waals surface area contributed by atoms with E-state index < -0.39 is 0 Å². The molecule has 24 heavy (non-hydrogen) atoms. The van der Waals surface area contributed by atoms with E-state index in [1.807, 2.05) is 6.07 Å². The molecule has 2 N–H and O–H groups in total. The molecular formula is C20H23N3O. The first-order valence-corrected chi connectivity index (χ1v) is 8.51. The van der Waals surface area contributed by atoms with Crippen LogP contribution in [-0.2, 0) is 0 Å². The maximum Gasteiger partial charge on any atom is 0.119 e. The van der Waals surface area contributed by atoms with Gasteiger partial charge >= 0.3 is 0 Å². The molecule has 4 rings (SSSR count). The lowest BCUT2D eigenvalue weighted by molar-refractivity contribution is 0.199. The first-order valence-electron chi connectivity index (χ1n) is 8.51. The Hall–Kier alpha value is -2.30. The fourth-order valence-corrected chi connectivity index (χ4v) is 3.66. The molecule has 1 atom stereocenters. The SMILES string of the molecule is COc1cccc(C(c2c[nH]c3ccccc23)N2CCNCC2)c1. The topological polar surface area (TPSA) is 40.3 Å². The predicted molar refractivity (Wildman–Crippen MR) is 97.6 cm³/mol. The molecule has 0 spiro atoms. The number of nitrogens with one attached hydrogen (secondary N) is 2. The van der Waals surface area contributed by atoms with E-state index in [9.17, 15) is 0 Å². The number of aromatic amines is 1. The van der Waals surface area contributed by atoms with E-state index in [0.29, 0.717) is 0 Å². The van der Waals surface area contributed by atoms with Crippen LogP contribution in [0.5, 0.6) is 5.75 Å². The highest BCUT2D eigenvalue weighted by atomic mass is 16.5. The predicted octanol–water partition coefficient (Wildman–Crippen LogP) is 3.17. The van der Waals surface area contributed by atoms with E-state index in [-0.39, 0.29) is 6.04 Å². The molecule has 3 aromatic rings. The highest BCUT2D eigenvalue weighted by Crippen LogP contribution is 2.35. The molecule has 124 valence electrons. The lowest BCUT2D eigenvalue weighted by atomic mass is 9.95. The van der Waals surface area contributed by atoms with Crippen LogP contribution in [0, 0.1) is 0 Å². The number of H-pyrrole nitrogens is 1. The summed E-state index contributed by atoms with van der Waals surface area (Å²) in [5.41, 5.74) is 3.80. The Kier molecular flexibility index (Phi) is 4.24. The van der Waals surface area contributed by atoms with Crippen LogP contribution in [0.25, 0.3) is 10.9 Å². The van der Waals surface area contributed by atoms with Crippen LogP contribution in [0.1, 0.15) is 17.2 Å². The number of benzene rings is 2. The van der Waals surface area contributed by atoms with Gasteiger partial charge in [0.25, 0.3) is 0 Å². The average Bonchev–Trinajstić information content (AvgIpc) is 3.07. The van der Waals surface area contributed by atoms with Crippen LogP contribution in [0.15, 0.2) is 54.7 Å². The van der Waals surface area contributed by atoms with Gasteiger partial charge in [0.1, 0.15) is 5.75 Å². The number of hydrogen-bond donors (Lipinski definition) is 2. The van der Waals surface area contributed by atoms with Crippen molar-refractivity contribution in [3.63, 3.8) is 0 Å². The fraction of sp³-hybridized carbons (Fsp3) is 0.300.